The quantitative estimate of drug-likeness (QED) is 0.737. The molecule has 162 valence electrons. The largest absolute Gasteiger partial charge is 0.493 e. The second-order valence-electron chi connectivity index (χ2n) is 6.94. The normalized spacial score (nSPS) is 14.3. The van der Waals surface area contributed by atoms with E-state index < -0.39 is 0 Å². The average Bonchev–Trinajstić information content (AvgIpc) is 3.19. The first-order valence-corrected chi connectivity index (χ1v) is 9.63. The second kappa shape index (κ2) is 9.53. The standard InChI is InChI=1S/C21H27N3O6/c1-14-5-6-16(30-14)21(26)24-9-7-23(8-10-24)13-19(25)22-15-11-17(27-2)20(29-4)18(12-15)28-3/h5-6,11-12H,7-10,13H2,1-4H3,(H,22,25). The highest BCUT2D eigenvalue weighted by molar-refractivity contribution is 5.93. The van der Waals surface area contributed by atoms with Crippen LogP contribution < -0.4 is 19.5 Å². The van der Waals surface area contributed by atoms with Crippen LogP contribution >= 0.6 is 0 Å². The highest BCUT2D eigenvalue weighted by atomic mass is 16.5. The van der Waals surface area contributed by atoms with Gasteiger partial charge in [-0.1, -0.05) is 0 Å². The van der Waals surface area contributed by atoms with Gasteiger partial charge >= 0.3 is 0 Å². The van der Waals surface area contributed by atoms with Crippen LogP contribution in [0.25, 0.3) is 0 Å². The molecule has 9 nitrogen and oxygen atoms in total. The average molecular weight is 417 g/mol. The number of methoxy groups -OCH3 is 3. The molecule has 0 atom stereocenters. The zero-order valence-corrected chi connectivity index (χ0v) is 17.7. The van der Waals surface area contributed by atoms with Crippen molar-refractivity contribution in [1.82, 2.24) is 9.80 Å². The number of furan rings is 1. The Hall–Kier alpha value is -3.20. The Kier molecular flexibility index (Phi) is 6.83. The molecule has 2 amide bonds. The van der Waals surface area contributed by atoms with E-state index in [-0.39, 0.29) is 18.4 Å². The van der Waals surface area contributed by atoms with Crippen molar-refractivity contribution in [1.29, 1.82) is 0 Å². The number of ether oxygens (including phenoxy) is 3. The van der Waals surface area contributed by atoms with Gasteiger partial charge in [-0.05, 0) is 19.1 Å². The van der Waals surface area contributed by atoms with Gasteiger partial charge in [-0.15, -0.1) is 0 Å². The Balaban J connectivity index is 1.54. The predicted molar refractivity (Wildman–Crippen MR) is 111 cm³/mol. The summed E-state index contributed by atoms with van der Waals surface area (Å²) in [5.41, 5.74) is 0.552. The summed E-state index contributed by atoms with van der Waals surface area (Å²) < 4.78 is 21.3. The molecule has 1 saturated heterocycles. The van der Waals surface area contributed by atoms with Crippen LogP contribution in [-0.2, 0) is 4.79 Å². The van der Waals surface area contributed by atoms with Crippen LogP contribution in [-0.4, -0.2) is 75.7 Å². The summed E-state index contributed by atoms with van der Waals surface area (Å²) in [4.78, 5) is 28.7. The summed E-state index contributed by atoms with van der Waals surface area (Å²) in [5.74, 6) is 2.17. The minimum Gasteiger partial charge on any atom is -0.493 e. The maximum atomic E-state index is 12.5. The van der Waals surface area contributed by atoms with Gasteiger partial charge in [-0.25, -0.2) is 0 Å². The summed E-state index contributed by atoms with van der Waals surface area (Å²) in [7, 11) is 4.57. The lowest BCUT2D eigenvalue weighted by molar-refractivity contribution is -0.117. The maximum Gasteiger partial charge on any atom is 0.289 e. The molecule has 1 fully saturated rings. The number of rotatable bonds is 7. The number of nitrogens with one attached hydrogen (secondary N) is 1. The molecule has 3 rings (SSSR count). The van der Waals surface area contributed by atoms with Crippen LogP contribution in [0.2, 0.25) is 0 Å². The Morgan fingerprint density at radius 2 is 1.63 bits per heavy atom. The van der Waals surface area contributed by atoms with E-state index in [2.05, 4.69) is 5.32 Å². The van der Waals surface area contributed by atoms with Crippen LogP contribution in [0.4, 0.5) is 5.69 Å². The predicted octanol–water partition coefficient (Wildman–Crippen LogP) is 2.01. The number of carbonyl (C=O) groups excluding carboxylic acids is 2. The highest BCUT2D eigenvalue weighted by Crippen LogP contribution is 2.39. The van der Waals surface area contributed by atoms with Crippen molar-refractivity contribution in [2.45, 2.75) is 6.92 Å². The molecular weight excluding hydrogens is 390 g/mol. The van der Waals surface area contributed by atoms with Gasteiger partial charge < -0.3 is 28.8 Å². The van der Waals surface area contributed by atoms with Crippen LogP contribution in [0.5, 0.6) is 17.2 Å². The monoisotopic (exact) mass is 417 g/mol. The summed E-state index contributed by atoms with van der Waals surface area (Å²) in [6, 6.07) is 6.83. The minimum atomic E-state index is -0.161. The van der Waals surface area contributed by atoms with Gasteiger partial charge in [0.2, 0.25) is 11.7 Å². The number of hydrogen-bond donors (Lipinski definition) is 1. The first kappa shape index (κ1) is 21.5. The molecule has 1 aromatic carbocycles. The molecule has 1 N–H and O–H groups in total. The Morgan fingerprint density at radius 3 is 2.13 bits per heavy atom. The summed E-state index contributed by atoms with van der Waals surface area (Å²) in [5, 5.41) is 2.86. The number of anilines is 1. The third kappa shape index (κ3) is 4.85. The van der Waals surface area contributed by atoms with Crippen LogP contribution in [0.3, 0.4) is 0 Å². The molecule has 30 heavy (non-hydrogen) atoms. The smallest absolute Gasteiger partial charge is 0.289 e. The Bertz CT molecular complexity index is 877. The third-order valence-electron chi connectivity index (χ3n) is 4.93. The molecule has 0 saturated carbocycles. The fraction of sp³-hybridized carbons (Fsp3) is 0.429. The van der Waals surface area contributed by atoms with Gasteiger partial charge in [0.05, 0.1) is 27.9 Å². The second-order valence-corrected chi connectivity index (χ2v) is 6.94. The zero-order valence-electron chi connectivity index (χ0n) is 17.7. The SMILES string of the molecule is COc1cc(NC(=O)CN2CCN(C(=O)c3ccc(C)o3)CC2)cc(OC)c1OC. The van der Waals surface area contributed by atoms with Gasteiger partial charge in [0.15, 0.2) is 17.3 Å². The molecular formula is C21H27N3O6. The van der Waals surface area contributed by atoms with E-state index in [1.807, 2.05) is 4.90 Å². The lowest BCUT2D eigenvalue weighted by Crippen LogP contribution is -2.50. The number of nitrogens with zero attached hydrogens (tertiary/aromatic N) is 2. The molecule has 0 spiro atoms. The van der Waals surface area contributed by atoms with Crippen molar-refractivity contribution < 1.29 is 28.2 Å². The summed E-state index contributed by atoms with van der Waals surface area (Å²) in [6.45, 7) is 4.31. The number of piperazine rings is 1. The van der Waals surface area contributed by atoms with E-state index in [4.69, 9.17) is 18.6 Å². The lowest BCUT2D eigenvalue weighted by atomic mass is 10.2. The summed E-state index contributed by atoms with van der Waals surface area (Å²) >= 11 is 0. The molecule has 9 heteroatoms. The van der Waals surface area contributed by atoms with Crippen molar-refractivity contribution in [3.8, 4) is 17.2 Å². The number of amides is 2. The Morgan fingerprint density at radius 1 is 1.00 bits per heavy atom. The molecule has 1 aromatic heterocycles. The fourth-order valence-electron chi connectivity index (χ4n) is 3.37. The summed E-state index contributed by atoms with van der Waals surface area (Å²) in [6.07, 6.45) is 0. The first-order valence-electron chi connectivity index (χ1n) is 9.63. The van der Waals surface area contributed by atoms with E-state index in [0.717, 1.165) is 0 Å². The molecule has 1 aliphatic rings. The molecule has 0 unspecified atom stereocenters. The van der Waals surface area contributed by atoms with E-state index in [9.17, 15) is 9.59 Å². The van der Waals surface area contributed by atoms with Gasteiger partial charge in [-0.3, -0.25) is 14.5 Å². The van der Waals surface area contributed by atoms with E-state index in [1.54, 1.807) is 36.1 Å². The van der Waals surface area contributed by atoms with Gasteiger partial charge in [0.25, 0.3) is 5.91 Å². The molecule has 1 aliphatic heterocycles. The minimum absolute atomic E-state index is 0.121. The van der Waals surface area contributed by atoms with Crippen molar-refractivity contribution in [2.24, 2.45) is 0 Å². The first-order chi connectivity index (χ1) is 14.4. The Labute approximate surface area is 175 Å². The molecule has 0 bridgehead atoms. The fourth-order valence-corrected chi connectivity index (χ4v) is 3.37. The van der Waals surface area contributed by atoms with Gasteiger partial charge in [0.1, 0.15) is 5.76 Å². The van der Waals surface area contributed by atoms with Gasteiger partial charge in [-0.2, -0.15) is 0 Å². The van der Waals surface area contributed by atoms with Crippen molar-refractivity contribution >= 4 is 17.5 Å². The maximum absolute atomic E-state index is 12.5. The van der Waals surface area contributed by atoms with Crippen LogP contribution in [0, 0.1) is 6.92 Å². The van der Waals surface area contributed by atoms with Crippen LogP contribution in [0.15, 0.2) is 28.7 Å². The third-order valence-corrected chi connectivity index (χ3v) is 4.93. The number of benzene rings is 1. The van der Waals surface area contributed by atoms with E-state index >= 15 is 0 Å². The van der Waals surface area contributed by atoms with Crippen molar-refractivity contribution in [3.05, 3.63) is 35.8 Å². The molecule has 0 radical (unpaired) electrons. The van der Waals surface area contributed by atoms with E-state index in [0.29, 0.717) is 60.6 Å². The van der Waals surface area contributed by atoms with E-state index in [1.165, 1.54) is 21.3 Å². The number of aryl methyl sites for hydroxylation is 1. The van der Waals surface area contributed by atoms with Crippen LogP contribution in [0.1, 0.15) is 16.3 Å². The lowest BCUT2D eigenvalue weighted by Gasteiger charge is -2.33. The molecule has 2 aromatic rings. The highest BCUT2D eigenvalue weighted by Gasteiger charge is 2.25. The molecule has 0 aliphatic carbocycles. The number of carbonyl (C=O) groups is 2. The zero-order chi connectivity index (χ0) is 21.7. The number of hydrogen-bond acceptors (Lipinski definition) is 7. The van der Waals surface area contributed by atoms with Crippen molar-refractivity contribution in [3.63, 3.8) is 0 Å². The molecule has 2 heterocycles. The van der Waals surface area contributed by atoms with Gasteiger partial charge in [0, 0.05) is 44.0 Å². The van der Waals surface area contributed by atoms with Crippen molar-refractivity contribution in [2.75, 3.05) is 59.4 Å². The topological polar surface area (TPSA) is 93.5 Å².